The van der Waals surface area contributed by atoms with E-state index in [1.165, 1.54) is 23.5 Å². The molecule has 0 saturated carbocycles. The molecule has 0 aliphatic carbocycles. The number of halogens is 2. The van der Waals surface area contributed by atoms with Crippen molar-refractivity contribution in [2.75, 3.05) is 34.2 Å². The second-order valence-electron chi connectivity index (χ2n) is 4.87. The van der Waals surface area contributed by atoms with E-state index in [9.17, 15) is 12.8 Å². The van der Waals surface area contributed by atoms with Gasteiger partial charge in [-0.05, 0) is 45.3 Å². The molecule has 1 rings (SSSR count). The lowest BCUT2D eigenvalue weighted by atomic mass is 10.2. The van der Waals surface area contributed by atoms with Gasteiger partial charge in [-0.3, -0.25) is 0 Å². The van der Waals surface area contributed by atoms with Crippen molar-refractivity contribution in [2.45, 2.75) is 17.2 Å². The Morgan fingerprint density at radius 1 is 1.20 bits per heavy atom. The van der Waals surface area contributed by atoms with Crippen molar-refractivity contribution in [2.24, 2.45) is 0 Å². The zero-order chi connectivity index (χ0) is 15.3. The maximum atomic E-state index is 13.4. The van der Waals surface area contributed by atoms with E-state index in [-0.39, 0.29) is 16.3 Å². The molecule has 1 aromatic rings. The highest BCUT2D eigenvalue weighted by Gasteiger charge is 2.21. The number of benzene rings is 1. The number of hydrogen-bond acceptors (Lipinski definition) is 3. The fourth-order valence-corrected chi connectivity index (χ4v) is 3.19. The zero-order valence-electron chi connectivity index (χ0n) is 11.9. The van der Waals surface area contributed by atoms with Gasteiger partial charge < -0.3 is 4.90 Å². The van der Waals surface area contributed by atoms with Crippen molar-refractivity contribution in [3.8, 4) is 0 Å². The first-order valence-corrected chi connectivity index (χ1v) is 8.22. The predicted octanol–water partition coefficient (Wildman–Crippen LogP) is 2.14. The minimum absolute atomic E-state index is 0.0560. The number of alkyl halides is 1. The Morgan fingerprint density at radius 2 is 1.85 bits per heavy atom. The molecule has 7 heteroatoms. The molecule has 0 radical (unpaired) electrons. The molecule has 0 amide bonds. The minimum Gasteiger partial charge on any atom is -0.309 e. The van der Waals surface area contributed by atoms with Gasteiger partial charge in [0.25, 0.3) is 0 Å². The van der Waals surface area contributed by atoms with Gasteiger partial charge in [0.2, 0.25) is 10.0 Å². The third-order valence-electron chi connectivity index (χ3n) is 2.95. The highest BCUT2D eigenvalue weighted by atomic mass is 35.5. The van der Waals surface area contributed by atoms with Crippen molar-refractivity contribution in [3.05, 3.63) is 29.6 Å². The predicted molar refractivity (Wildman–Crippen MR) is 78.9 cm³/mol. The molecule has 0 unspecified atom stereocenters. The highest BCUT2D eigenvalue weighted by molar-refractivity contribution is 7.89. The molecule has 0 bridgehead atoms. The normalized spacial score (nSPS) is 12.3. The van der Waals surface area contributed by atoms with Crippen LogP contribution >= 0.6 is 11.6 Å². The first-order valence-electron chi connectivity index (χ1n) is 6.24. The maximum absolute atomic E-state index is 13.4. The summed E-state index contributed by atoms with van der Waals surface area (Å²) in [5.74, 6) is -0.547. The molecule has 0 aromatic heterocycles. The van der Waals surface area contributed by atoms with Gasteiger partial charge in [0.05, 0.1) is 10.8 Å². The second kappa shape index (κ2) is 7.36. The van der Waals surface area contributed by atoms with Crippen LogP contribution < -0.4 is 0 Å². The molecule has 0 aliphatic heterocycles. The summed E-state index contributed by atoms with van der Waals surface area (Å²) < 4.78 is 39.3. The van der Waals surface area contributed by atoms with Crippen molar-refractivity contribution in [3.63, 3.8) is 0 Å². The second-order valence-corrected chi connectivity index (χ2v) is 7.18. The summed E-state index contributed by atoms with van der Waals surface area (Å²) in [5, 5.41) is 0. The number of sulfonamides is 1. The van der Waals surface area contributed by atoms with Gasteiger partial charge in [0.15, 0.2) is 0 Å². The van der Waals surface area contributed by atoms with E-state index < -0.39 is 15.8 Å². The molecule has 0 aliphatic rings. The quantitative estimate of drug-likeness (QED) is 0.722. The largest absolute Gasteiger partial charge is 0.309 e. The smallest absolute Gasteiger partial charge is 0.242 e. The summed E-state index contributed by atoms with van der Waals surface area (Å²) in [6.45, 7) is 1.21. The van der Waals surface area contributed by atoms with Gasteiger partial charge in [-0.1, -0.05) is 0 Å². The first-order chi connectivity index (χ1) is 9.28. The van der Waals surface area contributed by atoms with Gasteiger partial charge in [-0.25, -0.2) is 17.1 Å². The number of nitrogens with zero attached hydrogens (tertiary/aromatic N) is 2. The van der Waals surface area contributed by atoms with E-state index in [0.717, 1.165) is 19.0 Å². The van der Waals surface area contributed by atoms with E-state index in [1.54, 1.807) is 0 Å². The Morgan fingerprint density at radius 3 is 2.40 bits per heavy atom. The summed E-state index contributed by atoms with van der Waals surface area (Å²) in [6, 6.07) is 3.70. The monoisotopic (exact) mass is 322 g/mol. The highest BCUT2D eigenvalue weighted by Crippen LogP contribution is 2.19. The summed E-state index contributed by atoms with van der Waals surface area (Å²) in [4.78, 5) is 2.06. The summed E-state index contributed by atoms with van der Waals surface area (Å²) in [7, 11) is 1.79. The average Bonchev–Trinajstić information content (AvgIpc) is 2.38. The molecular formula is C13H20ClFN2O2S. The van der Waals surface area contributed by atoms with Gasteiger partial charge in [0, 0.05) is 19.2 Å². The van der Waals surface area contributed by atoms with Crippen molar-refractivity contribution < 1.29 is 12.8 Å². The van der Waals surface area contributed by atoms with Crippen LogP contribution in [0.3, 0.4) is 0 Å². The Hall–Kier alpha value is -0.690. The van der Waals surface area contributed by atoms with Crippen LogP contribution in [0.25, 0.3) is 0 Å². The molecule has 0 heterocycles. The van der Waals surface area contributed by atoms with Crippen LogP contribution in [0.2, 0.25) is 0 Å². The Bertz CT molecular complexity index is 549. The fourth-order valence-electron chi connectivity index (χ4n) is 1.72. The Kier molecular flexibility index (Phi) is 6.39. The lowest BCUT2D eigenvalue weighted by molar-refractivity contribution is 0.370. The van der Waals surface area contributed by atoms with Gasteiger partial charge in [-0.2, -0.15) is 0 Å². The molecule has 4 nitrogen and oxygen atoms in total. The average molecular weight is 323 g/mol. The van der Waals surface area contributed by atoms with E-state index in [2.05, 4.69) is 0 Å². The lowest BCUT2D eigenvalue weighted by Crippen LogP contribution is -2.30. The van der Waals surface area contributed by atoms with Gasteiger partial charge in [0.1, 0.15) is 5.82 Å². The van der Waals surface area contributed by atoms with Crippen LogP contribution in [-0.2, 0) is 15.9 Å². The zero-order valence-corrected chi connectivity index (χ0v) is 13.5. The van der Waals surface area contributed by atoms with Crippen molar-refractivity contribution in [1.29, 1.82) is 0 Å². The van der Waals surface area contributed by atoms with Crippen LogP contribution in [0.4, 0.5) is 4.39 Å². The van der Waals surface area contributed by atoms with Crippen LogP contribution in [0.15, 0.2) is 23.1 Å². The minimum atomic E-state index is -3.60. The van der Waals surface area contributed by atoms with Crippen LogP contribution in [0, 0.1) is 5.82 Å². The molecule has 0 atom stereocenters. The van der Waals surface area contributed by atoms with Gasteiger partial charge in [-0.15, -0.1) is 11.6 Å². The molecule has 0 saturated heterocycles. The Balaban J connectivity index is 2.87. The van der Waals surface area contributed by atoms with Crippen LogP contribution in [0.5, 0.6) is 0 Å². The van der Waals surface area contributed by atoms with E-state index >= 15 is 0 Å². The number of hydrogen-bond donors (Lipinski definition) is 0. The van der Waals surface area contributed by atoms with Crippen molar-refractivity contribution in [1.82, 2.24) is 9.21 Å². The summed E-state index contributed by atoms with van der Waals surface area (Å²) in [5.41, 5.74) is 0.189. The Labute approximate surface area is 125 Å². The molecule has 0 fully saturated rings. The number of rotatable bonds is 7. The lowest BCUT2D eigenvalue weighted by Gasteiger charge is -2.18. The molecule has 0 spiro atoms. The maximum Gasteiger partial charge on any atom is 0.242 e. The molecule has 0 N–H and O–H groups in total. The molecule has 20 heavy (non-hydrogen) atoms. The van der Waals surface area contributed by atoms with Gasteiger partial charge >= 0.3 is 0 Å². The molecule has 1 aromatic carbocycles. The van der Waals surface area contributed by atoms with Crippen LogP contribution in [0.1, 0.15) is 12.0 Å². The van der Waals surface area contributed by atoms with Crippen LogP contribution in [-0.4, -0.2) is 51.9 Å². The first kappa shape index (κ1) is 17.4. The summed E-state index contributed by atoms with van der Waals surface area (Å²) in [6.07, 6.45) is 0.728. The van der Waals surface area contributed by atoms with E-state index in [1.807, 2.05) is 19.0 Å². The summed E-state index contributed by atoms with van der Waals surface area (Å²) >= 11 is 5.60. The van der Waals surface area contributed by atoms with E-state index in [0.29, 0.717) is 6.54 Å². The SMILES string of the molecule is CN(C)CCCN(C)S(=O)(=O)c1ccc(F)c(CCl)c1. The molecule has 114 valence electrons. The molecular weight excluding hydrogens is 303 g/mol. The van der Waals surface area contributed by atoms with E-state index in [4.69, 9.17) is 11.6 Å². The standard InChI is InChI=1S/C13H20ClFN2O2S/c1-16(2)7-4-8-17(3)20(18,19)12-5-6-13(15)11(9-12)10-14/h5-6,9H,4,7-8,10H2,1-3H3. The van der Waals surface area contributed by atoms with Crippen molar-refractivity contribution >= 4 is 21.6 Å². The third-order valence-corrected chi connectivity index (χ3v) is 5.09. The third kappa shape index (κ3) is 4.41. The fraction of sp³-hybridized carbons (Fsp3) is 0.538. The topological polar surface area (TPSA) is 40.6 Å².